The quantitative estimate of drug-likeness (QED) is 0.539. The van der Waals surface area contributed by atoms with Gasteiger partial charge < -0.3 is 0 Å². The van der Waals surface area contributed by atoms with Crippen LogP contribution in [0.15, 0.2) is 12.4 Å². The zero-order valence-corrected chi connectivity index (χ0v) is 7.00. The van der Waals surface area contributed by atoms with E-state index in [1.54, 1.807) is 0 Å². The molecule has 0 fully saturated rings. The summed E-state index contributed by atoms with van der Waals surface area (Å²) >= 11 is 5.52. The molecule has 1 N–H and O–H groups in total. The van der Waals surface area contributed by atoms with E-state index in [2.05, 4.69) is 20.3 Å². The molecule has 0 saturated carbocycles. The smallest absolute Gasteiger partial charge is 0.277 e. The zero-order valence-electron chi connectivity index (χ0n) is 6.24. The lowest BCUT2D eigenvalue weighted by Gasteiger charge is -1.99. The molecule has 0 spiro atoms. The van der Waals surface area contributed by atoms with Gasteiger partial charge in [-0.15, -0.1) is 0 Å². The molecule has 1 amide bonds. The summed E-state index contributed by atoms with van der Waals surface area (Å²) in [7, 11) is 1.33. The van der Waals surface area contributed by atoms with E-state index >= 15 is 0 Å². The molecule has 5 nitrogen and oxygen atoms in total. The second-order valence-electron chi connectivity index (χ2n) is 1.86. The van der Waals surface area contributed by atoms with Crippen molar-refractivity contribution in [3.8, 4) is 0 Å². The lowest BCUT2D eigenvalue weighted by atomic mass is 10.4. The standard InChI is InChI=1S/C6H6ClN3O2/c1-12-10-6(11)4-2-5(7)9-3-8-4/h2-3H,1H3,(H,10,11). The van der Waals surface area contributed by atoms with Gasteiger partial charge >= 0.3 is 0 Å². The average molecular weight is 188 g/mol. The van der Waals surface area contributed by atoms with Crippen LogP contribution in [0, 0.1) is 0 Å². The maximum absolute atomic E-state index is 11.0. The number of carbonyl (C=O) groups excluding carboxylic acids is 1. The number of hydrogen-bond donors (Lipinski definition) is 1. The predicted octanol–water partition coefficient (Wildman–Crippen LogP) is 0.421. The summed E-state index contributed by atoms with van der Waals surface area (Å²) in [6.45, 7) is 0. The fourth-order valence-electron chi connectivity index (χ4n) is 0.603. The van der Waals surface area contributed by atoms with E-state index in [9.17, 15) is 4.79 Å². The fraction of sp³-hybridized carbons (Fsp3) is 0.167. The molecule has 1 rings (SSSR count). The van der Waals surface area contributed by atoms with Gasteiger partial charge in [0.05, 0.1) is 7.11 Å². The molecule has 12 heavy (non-hydrogen) atoms. The summed E-state index contributed by atoms with van der Waals surface area (Å²) in [5.41, 5.74) is 2.26. The van der Waals surface area contributed by atoms with Gasteiger partial charge in [-0.25, -0.2) is 15.4 Å². The first-order valence-electron chi connectivity index (χ1n) is 3.05. The fourth-order valence-corrected chi connectivity index (χ4v) is 0.750. The van der Waals surface area contributed by atoms with Crippen molar-refractivity contribution < 1.29 is 9.63 Å². The Morgan fingerprint density at radius 1 is 1.67 bits per heavy atom. The number of halogens is 1. The predicted molar refractivity (Wildman–Crippen MR) is 41.5 cm³/mol. The third-order valence-electron chi connectivity index (χ3n) is 1.06. The van der Waals surface area contributed by atoms with Crippen LogP contribution in [-0.4, -0.2) is 23.0 Å². The number of carbonyl (C=O) groups is 1. The average Bonchev–Trinajstić information content (AvgIpc) is 2.05. The number of rotatable bonds is 2. The van der Waals surface area contributed by atoms with Crippen molar-refractivity contribution in [1.29, 1.82) is 0 Å². The van der Waals surface area contributed by atoms with E-state index in [-0.39, 0.29) is 10.8 Å². The summed E-state index contributed by atoms with van der Waals surface area (Å²) in [6, 6.07) is 1.34. The second kappa shape index (κ2) is 3.99. The van der Waals surface area contributed by atoms with Crippen molar-refractivity contribution in [2.45, 2.75) is 0 Å². The molecule has 6 heteroatoms. The summed E-state index contributed by atoms with van der Waals surface area (Å²) in [6.07, 6.45) is 1.20. The van der Waals surface area contributed by atoms with Crippen LogP contribution in [-0.2, 0) is 4.84 Å². The molecule has 0 aliphatic carbocycles. The second-order valence-corrected chi connectivity index (χ2v) is 2.25. The van der Waals surface area contributed by atoms with Crippen molar-refractivity contribution in [2.75, 3.05) is 7.11 Å². The highest BCUT2D eigenvalue weighted by molar-refractivity contribution is 6.29. The molecular formula is C6H6ClN3O2. The first-order chi connectivity index (χ1) is 5.74. The van der Waals surface area contributed by atoms with Gasteiger partial charge in [-0.1, -0.05) is 11.6 Å². The maximum Gasteiger partial charge on any atom is 0.293 e. The molecular weight excluding hydrogens is 182 g/mol. The van der Waals surface area contributed by atoms with E-state index in [4.69, 9.17) is 11.6 Å². The van der Waals surface area contributed by atoms with Crippen LogP contribution >= 0.6 is 11.6 Å². The Morgan fingerprint density at radius 2 is 2.42 bits per heavy atom. The molecule has 0 aliphatic rings. The first kappa shape index (κ1) is 8.89. The molecule has 1 aromatic rings. The van der Waals surface area contributed by atoms with Gasteiger partial charge in [0.2, 0.25) is 0 Å². The minimum absolute atomic E-state index is 0.164. The van der Waals surface area contributed by atoms with Crippen molar-refractivity contribution >= 4 is 17.5 Å². The van der Waals surface area contributed by atoms with E-state index < -0.39 is 5.91 Å². The Hall–Kier alpha value is -1.20. The van der Waals surface area contributed by atoms with Gasteiger partial charge in [-0.05, 0) is 0 Å². The molecule has 0 aliphatic heterocycles. The number of nitrogens with one attached hydrogen (secondary N) is 1. The summed E-state index contributed by atoms with van der Waals surface area (Å²) in [5.74, 6) is -0.457. The van der Waals surface area contributed by atoms with E-state index in [0.717, 1.165) is 0 Å². The van der Waals surface area contributed by atoms with Crippen LogP contribution in [0.1, 0.15) is 10.5 Å². The molecule has 0 radical (unpaired) electrons. The van der Waals surface area contributed by atoms with Gasteiger partial charge in [-0.3, -0.25) is 9.63 Å². The minimum atomic E-state index is -0.457. The van der Waals surface area contributed by atoms with Gasteiger partial charge in [0.1, 0.15) is 17.2 Å². The Kier molecular flexibility index (Phi) is 2.95. The zero-order chi connectivity index (χ0) is 8.97. The molecule has 1 heterocycles. The van der Waals surface area contributed by atoms with Crippen LogP contribution in [0.4, 0.5) is 0 Å². The Bertz CT molecular complexity index is 292. The maximum atomic E-state index is 11.0. The van der Waals surface area contributed by atoms with Crippen LogP contribution in [0.25, 0.3) is 0 Å². The first-order valence-corrected chi connectivity index (χ1v) is 3.42. The summed E-state index contributed by atoms with van der Waals surface area (Å²) < 4.78 is 0. The molecule has 0 bridgehead atoms. The van der Waals surface area contributed by atoms with Crippen LogP contribution < -0.4 is 5.48 Å². The molecule has 0 atom stereocenters. The van der Waals surface area contributed by atoms with Crippen molar-refractivity contribution in [2.24, 2.45) is 0 Å². The van der Waals surface area contributed by atoms with Gasteiger partial charge in [0.15, 0.2) is 0 Å². The van der Waals surface area contributed by atoms with E-state index in [1.165, 1.54) is 19.5 Å². The molecule has 0 unspecified atom stereocenters. The Balaban J connectivity index is 2.81. The third-order valence-corrected chi connectivity index (χ3v) is 1.27. The van der Waals surface area contributed by atoms with Crippen molar-refractivity contribution in [3.05, 3.63) is 23.2 Å². The van der Waals surface area contributed by atoms with Gasteiger partial charge in [0, 0.05) is 6.07 Å². The number of hydroxylamine groups is 1. The summed E-state index contributed by atoms with van der Waals surface area (Å²) in [5, 5.41) is 0.214. The highest BCUT2D eigenvalue weighted by Crippen LogP contribution is 2.03. The third kappa shape index (κ3) is 2.14. The van der Waals surface area contributed by atoms with Gasteiger partial charge in [0.25, 0.3) is 5.91 Å². The Morgan fingerprint density at radius 3 is 3.00 bits per heavy atom. The number of amides is 1. The van der Waals surface area contributed by atoms with Crippen molar-refractivity contribution in [3.63, 3.8) is 0 Å². The van der Waals surface area contributed by atoms with Crippen LogP contribution in [0.3, 0.4) is 0 Å². The number of aromatic nitrogens is 2. The SMILES string of the molecule is CONC(=O)c1cc(Cl)ncn1. The summed E-state index contributed by atoms with van der Waals surface area (Å²) in [4.78, 5) is 22.7. The number of hydrogen-bond acceptors (Lipinski definition) is 4. The topological polar surface area (TPSA) is 64.1 Å². The number of nitrogens with zero attached hydrogens (tertiary/aromatic N) is 2. The Labute approximate surface area is 73.7 Å². The van der Waals surface area contributed by atoms with Crippen molar-refractivity contribution in [1.82, 2.24) is 15.4 Å². The lowest BCUT2D eigenvalue weighted by Crippen LogP contribution is -2.22. The normalized spacial score (nSPS) is 9.50. The van der Waals surface area contributed by atoms with Crippen LogP contribution in [0.5, 0.6) is 0 Å². The van der Waals surface area contributed by atoms with E-state index in [0.29, 0.717) is 0 Å². The molecule has 64 valence electrons. The molecule has 0 saturated heterocycles. The minimum Gasteiger partial charge on any atom is -0.277 e. The molecule has 0 aromatic carbocycles. The van der Waals surface area contributed by atoms with Gasteiger partial charge in [-0.2, -0.15) is 0 Å². The largest absolute Gasteiger partial charge is 0.293 e. The van der Waals surface area contributed by atoms with E-state index in [1.807, 2.05) is 0 Å². The molecule has 1 aromatic heterocycles. The highest BCUT2D eigenvalue weighted by atomic mass is 35.5. The van der Waals surface area contributed by atoms with Crippen LogP contribution in [0.2, 0.25) is 5.15 Å². The monoisotopic (exact) mass is 187 g/mol. The highest BCUT2D eigenvalue weighted by Gasteiger charge is 2.06. The lowest BCUT2D eigenvalue weighted by molar-refractivity contribution is 0.0532.